The first-order chi connectivity index (χ1) is 15.8. The maximum absolute atomic E-state index is 6.16. The van der Waals surface area contributed by atoms with Gasteiger partial charge in [0.05, 0.1) is 5.41 Å². The third-order valence-electron chi connectivity index (χ3n) is 7.17. The average molecular weight is 427 g/mol. The standard InChI is InChI=1S/C31H19Cl/c32-22-16-13-20(14-17-22)21-15-18-26-25-9-3-6-12-29(25)31(30(26)19-21)27-10-4-1-7-23(27)24-8-2-5-11-28(24)31/h1-19H. The fourth-order valence-electron chi connectivity index (χ4n) is 5.92. The van der Waals surface area contributed by atoms with Crippen LogP contribution in [0.15, 0.2) is 115 Å². The molecule has 0 aromatic heterocycles. The smallest absolute Gasteiger partial charge is 0.0725 e. The highest BCUT2D eigenvalue weighted by molar-refractivity contribution is 6.30. The highest BCUT2D eigenvalue weighted by Crippen LogP contribution is 2.62. The summed E-state index contributed by atoms with van der Waals surface area (Å²) in [5, 5.41) is 0.762. The number of benzene rings is 5. The molecule has 0 atom stereocenters. The molecule has 5 aromatic carbocycles. The quantitative estimate of drug-likeness (QED) is 0.247. The Balaban J connectivity index is 1.61. The van der Waals surface area contributed by atoms with Gasteiger partial charge in [-0.3, -0.25) is 0 Å². The van der Waals surface area contributed by atoms with E-state index < -0.39 is 0 Å². The fraction of sp³-hybridized carbons (Fsp3) is 0.0323. The van der Waals surface area contributed by atoms with Crippen LogP contribution >= 0.6 is 11.6 Å². The van der Waals surface area contributed by atoms with Crippen molar-refractivity contribution < 1.29 is 0 Å². The third-order valence-corrected chi connectivity index (χ3v) is 7.43. The molecule has 7 rings (SSSR count). The van der Waals surface area contributed by atoms with Crippen molar-refractivity contribution in [2.75, 3.05) is 0 Å². The summed E-state index contributed by atoms with van der Waals surface area (Å²) in [7, 11) is 0. The van der Waals surface area contributed by atoms with Crippen LogP contribution in [0.2, 0.25) is 5.02 Å². The second-order valence-electron chi connectivity index (χ2n) is 8.65. The molecule has 0 saturated heterocycles. The van der Waals surface area contributed by atoms with Crippen LogP contribution < -0.4 is 0 Å². The van der Waals surface area contributed by atoms with Gasteiger partial charge in [0, 0.05) is 5.02 Å². The summed E-state index contributed by atoms with van der Waals surface area (Å²) in [5.74, 6) is 0. The summed E-state index contributed by atoms with van der Waals surface area (Å²) < 4.78 is 0. The Morgan fingerprint density at radius 1 is 0.406 bits per heavy atom. The van der Waals surface area contributed by atoms with E-state index in [4.69, 9.17) is 11.6 Å². The molecule has 0 saturated carbocycles. The highest BCUT2D eigenvalue weighted by atomic mass is 35.5. The monoisotopic (exact) mass is 426 g/mol. The van der Waals surface area contributed by atoms with E-state index in [1.54, 1.807) is 0 Å². The van der Waals surface area contributed by atoms with Crippen molar-refractivity contribution >= 4 is 11.6 Å². The van der Waals surface area contributed by atoms with Gasteiger partial charge in [0.2, 0.25) is 0 Å². The molecular formula is C31H19Cl. The van der Waals surface area contributed by atoms with Gasteiger partial charge in [-0.05, 0) is 73.8 Å². The average Bonchev–Trinajstić information content (AvgIpc) is 3.32. The minimum atomic E-state index is -0.290. The first-order valence-electron chi connectivity index (χ1n) is 11.0. The lowest BCUT2D eigenvalue weighted by atomic mass is 9.70. The number of fused-ring (bicyclic) bond motifs is 10. The molecule has 0 nitrogen and oxygen atoms in total. The van der Waals surface area contributed by atoms with Gasteiger partial charge in [-0.15, -0.1) is 0 Å². The first-order valence-corrected chi connectivity index (χ1v) is 11.4. The van der Waals surface area contributed by atoms with Gasteiger partial charge in [0.25, 0.3) is 0 Å². The number of hydrogen-bond donors (Lipinski definition) is 0. The maximum Gasteiger partial charge on any atom is 0.0725 e. The van der Waals surface area contributed by atoms with Crippen LogP contribution in [-0.4, -0.2) is 0 Å². The van der Waals surface area contributed by atoms with Crippen LogP contribution in [0.25, 0.3) is 33.4 Å². The molecule has 0 unspecified atom stereocenters. The first kappa shape index (κ1) is 18.0. The lowest BCUT2D eigenvalue weighted by molar-refractivity contribution is 0.794. The number of rotatable bonds is 1. The summed E-state index contributed by atoms with van der Waals surface area (Å²) in [6.07, 6.45) is 0. The van der Waals surface area contributed by atoms with E-state index in [9.17, 15) is 0 Å². The minimum absolute atomic E-state index is 0.290. The lowest BCUT2D eigenvalue weighted by Gasteiger charge is -2.30. The van der Waals surface area contributed by atoms with Crippen LogP contribution in [0.5, 0.6) is 0 Å². The summed E-state index contributed by atoms with van der Waals surface area (Å²) in [5.41, 5.74) is 12.9. The van der Waals surface area contributed by atoms with Crippen LogP contribution in [0, 0.1) is 0 Å². The molecule has 0 amide bonds. The molecule has 1 heteroatoms. The predicted molar refractivity (Wildman–Crippen MR) is 133 cm³/mol. The summed E-state index contributed by atoms with van der Waals surface area (Å²) in [6.45, 7) is 0. The molecule has 0 radical (unpaired) electrons. The molecule has 0 bridgehead atoms. The van der Waals surface area contributed by atoms with Gasteiger partial charge in [-0.1, -0.05) is 109 Å². The van der Waals surface area contributed by atoms with Gasteiger partial charge in [0.1, 0.15) is 0 Å². The fourth-order valence-corrected chi connectivity index (χ4v) is 6.04. The molecule has 0 heterocycles. The van der Waals surface area contributed by atoms with E-state index in [1.165, 1.54) is 55.6 Å². The zero-order chi connectivity index (χ0) is 21.3. The van der Waals surface area contributed by atoms with Crippen LogP contribution in [0.4, 0.5) is 0 Å². The zero-order valence-electron chi connectivity index (χ0n) is 17.3. The van der Waals surface area contributed by atoms with Crippen molar-refractivity contribution in [2.24, 2.45) is 0 Å². The molecule has 5 aromatic rings. The van der Waals surface area contributed by atoms with Crippen molar-refractivity contribution in [3.8, 4) is 33.4 Å². The topological polar surface area (TPSA) is 0 Å². The van der Waals surface area contributed by atoms with Crippen LogP contribution in [0.1, 0.15) is 22.3 Å². The molecule has 2 aliphatic carbocycles. The Bertz CT molecular complexity index is 1460. The van der Waals surface area contributed by atoms with E-state index in [2.05, 4.69) is 103 Å². The maximum atomic E-state index is 6.16. The molecule has 2 aliphatic rings. The van der Waals surface area contributed by atoms with Gasteiger partial charge in [-0.25, -0.2) is 0 Å². The Labute approximate surface area is 192 Å². The Kier molecular flexibility index (Phi) is 3.63. The SMILES string of the molecule is Clc1ccc(-c2ccc3c(c2)C2(c4ccccc4-c4ccccc42)c2ccccc2-3)cc1. The van der Waals surface area contributed by atoms with Gasteiger partial charge in [0.15, 0.2) is 0 Å². The lowest BCUT2D eigenvalue weighted by Crippen LogP contribution is -2.25. The van der Waals surface area contributed by atoms with E-state index >= 15 is 0 Å². The second-order valence-corrected chi connectivity index (χ2v) is 9.09. The predicted octanol–water partition coefficient (Wildman–Crippen LogP) is 8.35. The van der Waals surface area contributed by atoms with Crippen molar-refractivity contribution in [1.29, 1.82) is 0 Å². The molecule has 32 heavy (non-hydrogen) atoms. The summed E-state index contributed by atoms with van der Waals surface area (Å²) in [4.78, 5) is 0. The highest BCUT2D eigenvalue weighted by Gasteiger charge is 2.51. The van der Waals surface area contributed by atoms with Crippen LogP contribution in [0.3, 0.4) is 0 Å². The summed E-state index contributed by atoms with van der Waals surface area (Å²) in [6, 6.07) is 41.8. The summed E-state index contributed by atoms with van der Waals surface area (Å²) >= 11 is 6.16. The van der Waals surface area contributed by atoms with E-state index in [1.807, 2.05) is 12.1 Å². The molecule has 1 spiro atoms. The van der Waals surface area contributed by atoms with E-state index in [0.717, 1.165) is 5.02 Å². The largest absolute Gasteiger partial charge is 0.0843 e. The number of halogens is 1. The van der Waals surface area contributed by atoms with Gasteiger partial charge >= 0.3 is 0 Å². The Morgan fingerprint density at radius 3 is 1.38 bits per heavy atom. The third kappa shape index (κ3) is 2.18. The van der Waals surface area contributed by atoms with Crippen molar-refractivity contribution in [3.05, 3.63) is 143 Å². The van der Waals surface area contributed by atoms with Crippen molar-refractivity contribution in [1.82, 2.24) is 0 Å². The normalized spacial score (nSPS) is 14.0. The van der Waals surface area contributed by atoms with Gasteiger partial charge in [-0.2, -0.15) is 0 Å². The Morgan fingerprint density at radius 2 is 0.844 bits per heavy atom. The van der Waals surface area contributed by atoms with Crippen molar-refractivity contribution in [2.45, 2.75) is 5.41 Å². The second kappa shape index (κ2) is 6.45. The van der Waals surface area contributed by atoms with Crippen molar-refractivity contribution in [3.63, 3.8) is 0 Å². The molecular weight excluding hydrogens is 408 g/mol. The molecule has 0 fully saturated rings. The minimum Gasteiger partial charge on any atom is -0.0843 e. The molecule has 0 N–H and O–H groups in total. The van der Waals surface area contributed by atoms with Crippen LogP contribution in [-0.2, 0) is 5.41 Å². The van der Waals surface area contributed by atoms with E-state index in [0.29, 0.717) is 0 Å². The number of hydrogen-bond acceptors (Lipinski definition) is 0. The van der Waals surface area contributed by atoms with E-state index in [-0.39, 0.29) is 5.41 Å². The Hall–Kier alpha value is -3.61. The van der Waals surface area contributed by atoms with Gasteiger partial charge < -0.3 is 0 Å². The molecule has 0 aliphatic heterocycles. The zero-order valence-corrected chi connectivity index (χ0v) is 18.1. The molecule has 150 valence electrons.